The molecule has 8 nitrogen and oxygen atoms in total. The standard InChI is InChI=1S/C31H36IN3O5S/c1-40-28-14-8-11-24(19-28)21-34(30(36)22-35(41(2,38)39)27-17-15-25(32)16-18-27)29(20-23-9-4-3-5-10-23)31(37)33-26-12-6-7-13-26/h3-5,8-11,14-19,26,29H,6-7,12-13,20-22H2,1-2H3,(H,33,37)/t29-/m1/s1. The first-order valence-corrected chi connectivity index (χ1v) is 16.6. The molecule has 0 bridgehead atoms. The Balaban J connectivity index is 1.73. The quantitative estimate of drug-likeness (QED) is 0.277. The van der Waals surface area contributed by atoms with Gasteiger partial charge in [0.1, 0.15) is 18.3 Å². The Hall–Kier alpha value is -3.12. The summed E-state index contributed by atoms with van der Waals surface area (Å²) in [5.41, 5.74) is 2.06. The maximum absolute atomic E-state index is 14.2. The van der Waals surface area contributed by atoms with E-state index in [4.69, 9.17) is 4.74 Å². The number of carbonyl (C=O) groups is 2. The molecule has 0 aromatic heterocycles. The molecular weight excluding hydrogens is 653 g/mol. The summed E-state index contributed by atoms with van der Waals surface area (Å²) >= 11 is 2.14. The third-order valence-corrected chi connectivity index (χ3v) is 9.11. The number of hydrogen-bond donors (Lipinski definition) is 1. The van der Waals surface area contributed by atoms with Crippen molar-refractivity contribution in [3.05, 3.63) is 93.6 Å². The van der Waals surface area contributed by atoms with Crippen LogP contribution in [0.1, 0.15) is 36.8 Å². The molecule has 1 aliphatic rings. The van der Waals surface area contributed by atoms with Crippen molar-refractivity contribution in [3.8, 4) is 5.75 Å². The van der Waals surface area contributed by atoms with Crippen molar-refractivity contribution in [1.82, 2.24) is 10.2 Å². The Morgan fingerprint density at radius 2 is 1.63 bits per heavy atom. The van der Waals surface area contributed by atoms with E-state index in [9.17, 15) is 18.0 Å². The molecule has 0 aliphatic heterocycles. The van der Waals surface area contributed by atoms with Gasteiger partial charge in [-0.2, -0.15) is 0 Å². The number of nitrogens with one attached hydrogen (secondary N) is 1. The highest BCUT2D eigenvalue weighted by atomic mass is 127. The van der Waals surface area contributed by atoms with Crippen molar-refractivity contribution >= 4 is 50.1 Å². The lowest BCUT2D eigenvalue weighted by atomic mass is 10.0. The van der Waals surface area contributed by atoms with E-state index < -0.39 is 28.5 Å². The number of halogens is 1. The summed E-state index contributed by atoms with van der Waals surface area (Å²) in [5, 5.41) is 3.17. The second-order valence-corrected chi connectivity index (χ2v) is 13.5. The topological polar surface area (TPSA) is 96.0 Å². The van der Waals surface area contributed by atoms with E-state index in [0.717, 1.165) is 50.9 Å². The fourth-order valence-corrected chi connectivity index (χ4v) is 6.32. The number of anilines is 1. The van der Waals surface area contributed by atoms with Crippen LogP contribution in [0.2, 0.25) is 0 Å². The third kappa shape index (κ3) is 8.68. The van der Waals surface area contributed by atoms with E-state index in [0.29, 0.717) is 11.4 Å². The predicted molar refractivity (Wildman–Crippen MR) is 169 cm³/mol. The molecule has 10 heteroatoms. The minimum Gasteiger partial charge on any atom is -0.497 e. The van der Waals surface area contributed by atoms with Gasteiger partial charge in [-0.3, -0.25) is 13.9 Å². The van der Waals surface area contributed by atoms with Crippen molar-refractivity contribution in [2.45, 2.75) is 50.7 Å². The van der Waals surface area contributed by atoms with Crippen LogP contribution in [0.5, 0.6) is 5.75 Å². The minimum atomic E-state index is -3.80. The Bertz CT molecular complexity index is 1430. The Morgan fingerprint density at radius 3 is 2.27 bits per heavy atom. The molecule has 3 aromatic rings. The highest BCUT2D eigenvalue weighted by Crippen LogP contribution is 2.23. The fourth-order valence-electron chi connectivity index (χ4n) is 5.11. The summed E-state index contributed by atoms with van der Waals surface area (Å²) in [4.78, 5) is 29.6. The molecule has 0 radical (unpaired) electrons. The molecule has 0 spiro atoms. The average molecular weight is 690 g/mol. The zero-order valence-electron chi connectivity index (χ0n) is 23.3. The summed E-state index contributed by atoms with van der Waals surface area (Å²) in [6, 6.07) is 23.0. The SMILES string of the molecule is COc1cccc(CN(C(=O)CN(c2ccc(I)cc2)S(C)(=O)=O)[C@H](Cc2ccccc2)C(=O)NC2CCCC2)c1. The molecule has 4 rings (SSSR count). The molecule has 1 saturated carbocycles. The second kappa shape index (κ2) is 14.2. The van der Waals surface area contributed by atoms with E-state index in [1.807, 2.05) is 54.6 Å². The molecule has 2 amide bonds. The van der Waals surface area contributed by atoms with Gasteiger partial charge in [0, 0.05) is 22.6 Å². The Morgan fingerprint density at radius 1 is 0.976 bits per heavy atom. The summed E-state index contributed by atoms with van der Waals surface area (Å²) in [7, 11) is -2.23. The monoisotopic (exact) mass is 689 g/mol. The van der Waals surface area contributed by atoms with Gasteiger partial charge in [-0.05, 0) is 83.0 Å². The highest BCUT2D eigenvalue weighted by Gasteiger charge is 2.34. The Labute approximate surface area is 256 Å². The lowest BCUT2D eigenvalue weighted by Gasteiger charge is -2.34. The van der Waals surface area contributed by atoms with Gasteiger partial charge in [-0.15, -0.1) is 0 Å². The van der Waals surface area contributed by atoms with Crippen molar-refractivity contribution in [2.24, 2.45) is 0 Å². The summed E-state index contributed by atoms with van der Waals surface area (Å²) < 4.78 is 33.2. The average Bonchev–Trinajstić information content (AvgIpc) is 3.47. The molecule has 1 fully saturated rings. The summed E-state index contributed by atoms with van der Waals surface area (Å²) in [6.07, 6.45) is 5.29. The van der Waals surface area contributed by atoms with E-state index in [2.05, 4.69) is 27.9 Å². The maximum atomic E-state index is 14.2. The summed E-state index contributed by atoms with van der Waals surface area (Å²) in [5.74, 6) is -0.0852. The number of nitrogens with zero attached hydrogens (tertiary/aromatic N) is 2. The van der Waals surface area contributed by atoms with Crippen molar-refractivity contribution in [1.29, 1.82) is 0 Å². The number of methoxy groups -OCH3 is 1. The van der Waals surface area contributed by atoms with Gasteiger partial charge in [0.25, 0.3) is 0 Å². The van der Waals surface area contributed by atoms with Crippen LogP contribution in [0.3, 0.4) is 0 Å². The van der Waals surface area contributed by atoms with Crippen LogP contribution in [-0.4, -0.2) is 57.1 Å². The van der Waals surface area contributed by atoms with Crippen molar-refractivity contribution in [2.75, 3.05) is 24.2 Å². The normalized spacial score (nSPS) is 14.3. The van der Waals surface area contributed by atoms with E-state index in [1.54, 1.807) is 31.4 Å². The van der Waals surface area contributed by atoms with Gasteiger partial charge >= 0.3 is 0 Å². The van der Waals surface area contributed by atoms with E-state index in [1.165, 1.54) is 4.90 Å². The van der Waals surface area contributed by atoms with Gasteiger partial charge in [-0.25, -0.2) is 8.42 Å². The Kier molecular flexibility index (Phi) is 10.7. The molecule has 1 N–H and O–H groups in total. The molecular formula is C31H36IN3O5S. The number of rotatable bonds is 12. The van der Waals surface area contributed by atoms with Crippen LogP contribution in [0.4, 0.5) is 5.69 Å². The van der Waals surface area contributed by atoms with Gasteiger partial charge < -0.3 is 15.0 Å². The minimum absolute atomic E-state index is 0.0638. The number of amides is 2. The molecule has 3 aromatic carbocycles. The van der Waals surface area contributed by atoms with E-state index >= 15 is 0 Å². The lowest BCUT2D eigenvalue weighted by Crippen LogP contribution is -2.54. The molecule has 1 aliphatic carbocycles. The van der Waals surface area contributed by atoms with Gasteiger partial charge in [0.15, 0.2) is 0 Å². The molecule has 0 unspecified atom stereocenters. The zero-order valence-corrected chi connectivity index (χ0v) is 26.3. The number of sulfonamides is 1. The first-order valence-electron chi connectivity index (χ1n) is 13.6. The molecule has 218 valence electrons. The number of benzene rings is 3. The van der Waals surface area contributed by atoms with Crippen LogP contribution in [-0.2, 0) is 32.6 Å². The third-order valence-electron chi connectivity index (χ3n) is 7.25. The zero-order chi connectivity index (χ0) is 29.4. The second-order valence-electron chi connectivity index (χ2n) is 10.3. The van der Waals surface area contributed by atoms with Crippen LogP contribution in [0, 0.1) is 3.57 Å². The smallest absolute Gasteiger partial charge is 0.244 e. The fraction of sp³-hybridized carbons (Fsp3) is 0.355. The molecule has 41 heavy (non-hydrogen) atoms. The van der Waals surface area contributed by atoms with Crippen LogP contribution >= 0.6 is 22.6 Å². The van der Waals surface area contributed by atoms with E-state index in [-0.39, 0.29) is 24.9 Å². The first kappa shape index (κ1) is 30.8. The highest BCUT2D eigenvalue weighted by molar-refractivity contribution is 14.1. The van der Waals surface area contributed by atoms with Gasteiger partial charge in [-0.1, -0.05) is 55.3 Å². The van der Waals surface area contributed by atoms with Gasteiger partial charge in [0.2, 0.25) is 21.8 Å². The first-order chi connectivity index (χ1) is 19.6. The van der Waals surface area contributed by atoms with Crippen molar-refractivity contribution < 1.29 is 22.7 Å². The number of ether oxygens (including phenoxy) is 1. The van der Waals surface area contributed by atoms with Crippen molar-refractivity contribution in [3.63, 3.8) is 0 Å². The molecule has 0 heterocycles. The molecule has 0 saturated heterocycles. The lowest BCUT2D eigenvalue weighted by molar-refractivity contribution is -0.140. The largest absolute Gasteiger partial charge is 0.497 e. The number of carbonyl (C=O) groups excluding carboxylic acids is 2. The summed E-state index contributed by atoms with van der Waals surface area (Å²) in [6.45, 7) is -0.332. The van der Waals surface area contributed by atoms with Crippen LogP contribution in [0.15, 0.2) is 78.9 Å². The maximum Gasteiger partial charge on any atom is 0.244 e. The van der Waals surface area contributed by atoms with Crippen LogP contribution < -0.4 is 14.4 Å². The van der Waals surface area contributed by atoms with Crippen LogP contribution in [0.25, 0.3) is 0 Å². The number of hydrogen-bond acceptors (Lipinski definition) is 5. The predicted octanol–water partition coefficient (Wildman–Crippen LogP) is 4.76. The molecule has 1 atom stereocenters. The van der Waals surface area contributed by atoms with Gasteiger partial charge in [0.05, 0.1) is 19.1 Å².